The third-order valence-corrected chi connectivity index (χ3v) is 4.22. The molecule has 0 aromatic rings. The Morgan fingerprint density at radius 1 is 1.19 bits per heavy atom. The average Bonchev–Trinajstić information content (AvgIpc) is 2.78. The maximum Gasteiger partial charge on any atom is 0.330 e. The first-order valence-corrected chi connectivity index (χ1v) is 7.83. The fourth-order valence-corrected chi connectivity index (χ4v) is 2.71. The van der Waals surface area contributed by atoms with E-state index >= 15 is 0 Å². The molecule has 21 heavy (non-hydrogen) atoms. The maximum absolute atomic E-state index is 12.1. The second-order valence-electron chi connectivity index (χ2n) is 7.43. The number of rotatable bonds is 4. The zero-order valence-electron chi connectivity index (χ0n) is 13.5. The lowest BCUT2D eigenvalue weighted by molar-refractivity contribution is -0.161. The summed E-state index contributed by atoms with van der Waals surface area (Å²) in [5.74, 6) is -0.405. The number of hydrogen-bond acceptors (Lipinski definition) is 4. The Bertz CT molecular complexity index is 440. The van der Waals surface area contributed by atoms with E-state index in [0.717, 1.165) is 32.1 Å². The first-order chi connectivity index (χ1) is 9.71. The molecule has 0 aromatic carbocycles. The Balaban J connectivity index is 1.80. The fourth-order valence-electron chi connectivity index (χ4n) is 2.71. The lowest BCUT2D eigenvalue weighted by Crippen LogP contribution is -2.29. The van der Waals surface area contributed by atoms with Crippen molar-refractivity contribution in [2.45, 2.75) is 71.5 Å². The summed E-state index contributed by atoms with van der Waals surface area (Å²) in [6.07, 6.45) is 8.30. The van der Waals surface area contributed by atoms with Crippen LogP contribution in [0.15, 0.2) is 12.2 Å². The number of esters is 2. The summed E-state index contributed by atoms with van der Waals surface area (Å²) in [5.41, 5.74) is -0.963. The van der Waals surface area contributed by atoms with Gasteiger partial charge in [-0.3, -0.25) is 4.79 Å². The predicted molar refractivity (Wildman–Crippen MR) is 79.5 cm³/mol. The van der Waals surface area contributed by atoms with E-state index in [1.165, 1.54) is 6.08 Å². The van der Waals surface area contributed by atoms with E-state index < -0.39 is 11.0 Å². The van der Waals surface area contributed by atoms with Crippen LogP contribution in [0.1, 0.15) is 59.8 Å². The van der Waals surface area contributed by atoms with Crippen LogP contribution in [0.2, 0.25) is 0 Å². The molecule has 2 fully saturated rings. The summed E-state index contributed by atoms with van der Waals surface area (Å²) in [4.78, 5) is 23.8. The average molecular weight is 294 g/mol. The number of carbonyl (C=O) groups is 2. The molecule has 0 heterocycles. The predicted octanol–water partition coefficient (Wildman–Crippen LogP) is 3.40. The Hall–Kier alpha value is -1.32. The Morgan fingerprint density at radius 3 is 2.38 bits per heavy atom. The molecule has 2 aliphatic rings. The van der Waals surface area contributed by atoms with E-state index in [2.05, 4.69) is 0 Å². The molecule has 118 valence electrons. The van der Waals surface area contributed by atoms with Gasteiger partial charge in [0.25, 0.3) is 0 Å². The minimum absolute atomic E-state index is 0.0727. The summed E-state index contributed by atoms with van der Waals surface area (Å²) in [6, 6.07) is 0. The van der Waals surface area contributed by atoms with Crippen LogP contribution >= 0.6 is 0 Å². The lowest BCUT2D eigenvalue weighted by Gasteiger charge is -2.22. The van der Waals surface area contributed by atoms with Crippen LogP contribution in [0.5, 0.6) is 0 Å². The molecule has 0 radical (unpaired) electrons. The highest BCUT2D eigenvalue weighted by atomic mass is 16.6. The summed E-state index contributed by atoms with van der Waals surface area (Å²) in [7, 11) is 0. The van der Waals surface area contributed by atoms with Crippen molar-refractivity contribution in [3.63, 3.8) is 0 Å². The monoisotopic (exact) mass is 294 g/mol. The van der Waals surface area contributed by atoms with Crippen molar-refractivity contribution in [3.8, 4) is 0 Å². The smallest absolute Gasteiger partial charge is 0.330 e. The van der Waals surface area contributed by atoms with Crippen LogP contribution in [0, 0.1) is 11.3 Å². The van der Waals surface area contributed by atoms with Crippen molar-refractivity contribution >= 4 is 11.9 Å². The molecule has 4 nitrogen and oxygen atoms in total. The van der Waals surface area contributed by atoms with E-state index in [4.69, 9.17) is 9.47 Å². The van der Waals surface area contributed by atoms with Gasteiger partial charge in [-0.25, -0.2) is 4.79 Å². The number of hydrogen-bond donors (Lipinski definition) is 0. The molecule has 2 aliphatic carbocycles. The van der Waals surface area contributed by atoms with Gasteiger partial charge >= 0.3 is 11.9 Å². The van der Waals surface area contributed by atoms with Gasteiger partial charge in [0.15, 0.2) is 0 Å². The van der Waals surface area contributed by atoms with Gasteiger partial charge in [0, 0.05) is 6.08 Å². The minimum atomic E-state index is -0.489. The molecule has 2 rings (SSSR count). The topological polar surface area (TPSA) is 52.6 Å². The third kappa shape index (κ3) is 4.32. The summed E-state index contributed by atoms with van der Waals surface area (Å²) in [6.45, 7) is 7.47. The van der Waals surface area contributed by atoms with E-state index in [0.29, 0.717) is 0 Å². The van der Waals surface area contributed by atoms with Gasteiger partial charge in [0.2, 0.25) is 0 Å². The van der Waals surface area contributed by atoms with E-state index in [-0.39, 0.29) is 24.0 Å². The lowest BCUT2D eigenvalue weighted by atomic mass is 10.1. The van der Waals surface area contributed by atoms with Gasteiger partial charge in [-0.2, -0.15) is 0 Å². The first kappa shape index (κ1) is 16.1. The maximum atomic E-state index is 12.1. The Kier molecular flexibility index (Phi) is 4.45. The highest BCUT2D eigenvalue weighted by molar-refractivity contribution is 5.84. The highest BCUT2D eigenvalue weighted by Crippen LogP contribution is 2.54. The van der Waals surface area contributed by atoms with Crippen LogP contribution in [0.3, 0.4) is 0 Å². The molecule has 0 saturated heterocycles. The standard InChI is InChI=1S/C17H26O4/c1-16(2,3)21-15(19)17(4)11-12(17)9-10-14(18)20-13-7-5-6-8-13/h9-10,12-13H,5-8,11H2,1-4H3. The largest absolute Gasteiger partial charge is 0.460 e. The second-order valence-corrected chi connectivity index (χ2v) is 7.43. The van der Waals surface area contributed by atoms with Crippen LogP contribution in [-0.4, -0.2) is 23.6 Å². The second kappa shape index (κ2) is 5.82. The van der Waals surface area contributed by atoms with Crippen LogP contribution < -0.4 is 0 Å². The Labute approximate surface area is 126 Å². The molecule has 0 aliphatic heterocycles. The van der Waals surface area contributed by atoms with E-state index in [9.17, 15) is 9.59 Å². The van der Waals surface area contributed by atoms with Gasteiger partial charge in [0.1, 0.15) is 11.7 Å². The van der Waals surface area contributed by atoms with E-state index in [1.54, 1.807) is 6.08 Å². The fraction of sp³-hybridized carbons (Fsp3) is 0.765. The minimum Gasteiger partial charge on any atom is -0.460 e. The Morgan fingerprint density at radius 2 is 1.81 bits per heavy atom. The molecule has 0 N–H and O–H groups in total. The molecule has 4 heteroatoms. The molecule has 0 spiro atoms. The van der Waals surface area contributed by atoms with Crippen LogP contribution in [0.25, 0.3) is 0 Å². The number of ether oxygens (including phenoxy) is 2. The highest BCUT2D eigenvalue weighted by Gasteiger charge is 2.56. The van der Waals surface area contributed by atoms with Crippen molar-refractivity contribution in [1.82, 2.24) is 0 Å². The number of allylic oxidation sites excluding steroid dienone is 1. The molecule has 0 amide bonds. The van der Waals surface area contributed by atoms with Gasteiger partial charge < -0.3 is 9.47 Å². The summed E-state index contributed by atoms with van der Waals surface area (Å²) < 4.78 is 10.8. The molecule has 2 atom stereocenters. The quantitative estimate of drug-likeness (QED) is 0.589. The molecular weight excluding hydrogens is 268 g/mol. The molecule has 2 saturated carbocycles. The summed E-state index contributed by atoms with van der Waals surface area (Å²) >= 11 is 0. The first-order valence-electron chi connectivity index (χ1n) is 7.83. The zero-order chi connectivity index (χ0) is 15.7. The van der Waals surface area contributed by atoms with E-state index in [1.807, 2.05) is 27.7 Å². The van der Waals surface area contributed by atoms with Crippen molar-refractivity contribution in [2.75, 3.05) is 0 Å². The van der Waals surface area contributed by atoms with Crippen molar-refractivity contribution < 1.29 is 19.1 Å². The summed E-state index contributed by atoms with van der Waals surface area (Å²) in [5, 5.41) is 0. The molecule has 0 bridgehead atoms. The number of carbonyl (C=O) groups excluding carboxylic acids is 2. The van der Waals surface area contributed by atoms with Gasteiger partial charge in [-0.1, -0.05) is 6.08 Å². The van der Waals surface area contributed by atoms with Crippen LogP contribution in [0.4, 0.5) is 0 Å². The molecule has 0 aromatic heterocycles. The molecular formula is C17H26O4. The normalized spacial score (nSPS) is 29.6. The zero-order valence-corrected chi connectivity index (χ0v) is 13.5. The third-order valence-electron chi connectivity index (χ3n) is 4.22. The van der Waals surface area contributed by atoms with Crippen molar-refractivity contribution in [1.29, 1.82) is 0 Å². The van der Waals surface area contributed by atoms with Gasteiger partial charge in [0.05, 0.1) is 5.41 Å². The molecule has 2 unspecified atom stereocenters. The SMILES string of the molecule is CC(C)(C)OC(=O)C1(C)CC1C=CC(=O)OC1CCCC1. The van der Waals surface area contributed by atoms with Gasteiger partial charge in [-0.05, 0) is 65.7 Å². The van der Waals surface area contributed by atoms with Crippen molar-refractivity contribution in [2.24, 2.45) is 11.3 Å². The van der Waals surface area contributed by atoms with Crippen LogP contribution in [-0.2, 0) is 19.1 Å². The van der Waals surface area contributed by atoms with Gasteiger partial charge in [-0.15, -0.1) is 0 Å². The van der Waals surface area contributed by atoms with Crippen molar-refractivity contribution in [3.05, 3.63) is 12.2 Å².